The average Bonchev–Trinajstić information content (AvgIpc) is 4.04. The average molecular weight is 961 g/mol. The number of carboxylic acid groups (broad SMARTS) is 1. The molecule has 2 aromatic heterocycles. The number of nitrogens with zero attached hydrogens (tertiary/aromatic N) is 5. The van der Waals surface area contributed by atoms with Crippen molar-refractivity contribution in [2.24, 2.45) is 5.92 Å². The molecule has 2 heterocycles. The van der Waals surface area contributed by atoms with E-state index in [0.29, 0.717) is 18.3 Å². The molecule has 374 valence electrons. The number of halogens is 1. The molecule has 0 aliphatic heterocycles. The van der Waals surface area contributed by atoms with Crippen molar-refractivity contribution in [2.75, 3.05) is 40.5 Å². The Morgan fingerprint density at radius 3 is 2.35 bits per heavy atom. The molecule has 69 heavy (non-hydrogen) atoms. The Morgan fingerprint density at radius 2 is 1.70 bits per heavy atom. The van der Waals surface area contributed by atoms with Crippen LogP contribution in [0.15, 0.2) is 59.3 Å². The van der Waals surface area contributed by atoms with Gasteiger partial charge in [-0.2, -0.15) is 4.98 Å². The zero-order chi connectivity index (χ0) is 50.4. The summed E-state index contributed by atoms with van der Waals surface area (Å²) < 4.78 is 37.7. The van der Waals surface area contributed by atoms with E-state index in [1.807, 2.05) is 51.1 Å². The SMILES string of the molecule is CCOCCC(C(=O)N[C@@H](COc1ccc2ncc(F)cc2c1C(=O)N[C@@H](CC(=O)O)C(=O)NCCc1nc(C2CC2)no1)Cc1ccccc1)N(C)C(=O)[C@H](CC(C)C)N(C)C(=O)OC(C)(C)C. The van der Waals surface area contributed by atoms with Gasteiger partial charge in [0.05, 0.1) is 29.7 Å². The Morgan fingerprint density at radius 1 is 0.971 bits per heavy atom. The maximum atomic E-state index is 14.9. The fraction of sp³-hybridized carbons (Fsp3) is 0.531. The van der Waals surface area contributed by atoms with Gasteiger partial charge >= 0.3 is 12.1 Å². The van der Waals surface area contributed by atoms with E-state index in [9.17, 15) is 38.3 Å². The zero-order valence-corrected chi connectivity index (χ0v) is 40.6. The first-order valence-corrected chi connectivity index (χ1v) is 23.2. The second-order valence-electron chi connectivity index (χ2n) is 18.5. The number of ether oxygens (including phenoxy) is 3. The van der Waals surface area contributed by atoms with Crippen LogP contribution in [-0.4, -0.2) is 136 Å². The van der Waals surface area contributed by atoms with E-state index in [1.165, 1.54) is 36.0 Å². The Hall–Kier alpha value is -6.70. The molecule has 4 N–H and O–H groups in total. The lowest BCUT2D eigenvalue weighted by molar-refractivity contribution is -0.144. The highest BCUT2D eigenvalue weighted by Crippen LogP contribution is 2.38. The van der Waals surface area contributed by atoms with E-state index in [-0.39, 0.29) is 79.5 Å². The largest absolute Gasteiger partial charge is 0.491 e. The van der Waals surface area contributed by atoms with Gasteiger partial charge in [0.1, 0.15) is 41.9 Å². The van der Waals surface area contributed by atoms with Gasteiger partial charge in [0.15, 0.2) is 5.82 Å². The summed E-state index contributed by atoms with van der Waals surface area (Å²) in [5, 5.41) is 21.9. The molecule has 0 bridgehead atoms. The van der Waals surface area contributed by atoms with Crippen LogP contribution in [0, 0.1) is 11.7 Å². The van der Waals surface area contributed by atoms with Crippen LogP contribution >= 0.6 is 0 Å². The number of benzene rings is 2. The molecule has 4 atom stereocenters. The van der Waals surface area contributed by atoms with Crippen LogP contribution < -0.4 is 20.7 Å². The van der Waals surface area contributed by atoms with Crippen LogP contribution in [-0.2, 0) is 41.5 Å². The third-order valence-electron chi connectivity index (χ3n) is 11.2. The minimum Gasteiger partial charge on any atom is -0.491 e. The van der Waals surface area contributed by atoms with Crippen molar-refractivity contribution in [3.8, 4) is 5.75 Å². The third-order valence-corrected chi connectivity index (χ3v) is 11.2. The maximum Gasteiger partial charge on any atom is 0.410 e. The van der Waals surface area contributed by atoms with E-state index in [1.54, 1.807) is 20.8 Å². The van der Waals surface area contributed by atoms with Gasteiger partial charge in [-0.05, 0) is 83.1 Å². The molecule has 1 aliphatic rings. The van der Waals surface area contributed by atoms with Gasteiger partial charge in [-0.25, -0.2) is 9.18 Å². The van der Waals surface area contributed by atoms with E-state index in [0.717, 1.165) is 30.7 Å². The molecule has 5 amide bonds. The highest BCUT2D eigenvalue weighted by atomic mass is 19.1. The number of hydrogen-bond donors (Lipinski definition) is 4. The monoisotopic (exact) mass is 960 g/mol. The number of aromatic nitrogens is 3. The molecule has 1 fully saturated rings. The van der Waals surface area contributed by atoms with Crippen LogP contribution in [0.25, 0.3) is 10.9 Å². The molecule has 0 saturated heterocycles. The lowest BCUT2D eigenvalue weighted by Crippen LogP contribution is -2.57. The van der Waals surface area contributed by atoms with Crippen molar-refractivity contribution in [1.29, 1.82) is 0 Å². The molecule has 1 saturated carbocycles. The maximum absolute atomic E-state index is 14.9. The van der Waals surface area contributed by atoms with Crippen LogP contribution in [0.4, 0.5) is 9.18 Å². The summed E-state index contributed by atoms with van der Waals surface area (Å²) in [5.74, 6) is -3.90. The molecule has 1 aliphatic carbocycles. The summed E-state index contributed by atoms with van der Waals surface area (Å²) in [5.41, 5.74) is -0.0494. The fourth-order valence-electron chi connectivity index (χ4n) is 7.51. The van der Waals surface area contributed by atoms with Gasteiger partial charge in [-0.3, -0.25) is 33.9 Å². The number of likely N-dealkylation sites (N-methyl/N-ethyl adjacent to an activating group) is 2. The molecule has 0 radical (unpaired) electrons. The Bertz CT molecular complexity index is 2410. The van der Waals surface area contributed by atoms with Crippen molar-refractivity contribution >= 4 is 46.6 Å². The molecule has 5 rings (SSSR count). The summed E-state index contributed by atoms with van der Waals surface area (Å²) in [4.78, 5) is 92.9. The van der Waals surface area contributed by atoms with Crippen LogP contribution in [0.3, 0.4) is 0 Å². The molecule has 19 nitrogen and oxygen atoms in total. The normalized spacial score (nSPS) is 14.3. The first kappa shape index (κ1) is 53.3. The lowest BCUT2D eigenvalue weighted by Gasteiger charge is -2.36. The standard InChI is InChI=1S/C49H65FN8O11/c1-9-66-22-20-37(57(7)47(64)38(23-29(2)3)58(8)48(65)68-49(4,5)6)45(62)53-33(24-30-13-11-10-12-14-30)28-67-39-18-17-35-34(25-32(50)27-52-35)42(39)46(63)54-36(26-41(59)60)44(61)51-21-19-40-55-43(56-69-40)31-15-16-31/h10-14,17-18,25,27,29,31,33,36-38H,9,15-16,19-24,26,28H2,1-8H3,(H,51,61)(H,53,62)(H,54,63)(H,59,60)/t33-,36+,37?,38+/m1/s1. The van der Waals surface area contributed by atoms with Crippen molar-refractivity contribution in [3.05, 3.63) is 83.4 Å². The van der Waals surface area contributed by atoms with Crippen molar-refractivity contribution in [3.63, 3.8) is 0 Å². The van der Waals surface area contributed by atoms with Crippen molar-refractivity contribution < 1.29 is 57.0 Å². The Balaban J connectivity index is 1.40. The quantitative estimate of drug-likeness (QED) is 0.0624. The first-order chi connectivity index (χ1) is 32.7. The Kier molecular flexibility index (Phi) is 18.9. The third kappa shape index (κ3) is 15.9. The fourth-order valence-corrected chi connectivity index (χ4v) is 7.51. The van der Waals surface area contributed by atoms with Crippen LogP contribution in [0.1, 0.15) is 107 Å². The number of fused-ring (bicyclic) bond motifs is 1. The molecule has 4 aromatic rings. The number of amides is 5. The molecular formula is C49H65FN8O11. The number of carboxylic acids is 1. The lowest BCUT2D eigenvalue weighted by atomic mass is 10.00. The molecular weight excluding hydrogens is 896 g/mol. The van der Waals surface area contributed by atoms with Crippen LogP contribution in [0.2, 0.25) is 0 Å². The summed E-state index contributed by atoms with van der Waals surface area (Å²) in [6, 6.07) is 8.78. The number of pyridine rings is 1. The van der Waals surface area contributed by atoms with Gasteiger partial charge in [0.2, 0.25) is 23.6 Å². The molecule has 0 spiro atoms. The smallest absolute Gasteiger partial charge is 0.410 e. The van der Waals surface area contributed by atoms with E-state index in [2.05, 4.69) is 31.1 Å². The van der Waals surface area contributed by atoms with Gasteiger partial charge in [-0.1, -0.05) is 49.3 Å². The molecule has 2 aromatic carbocycles. The summed E-state index contributed by atoms with van der Waals surface area (Å²) in [7, 11) is 2.99. The number of rotatable bonds is 25. The van der Waals surface area contributed by atoms with Gasteiger partial charge < -0.3 is 44.7 Å². The van der Waals surface area contributed by atoms with Crippen LogP contribution in [0.5, 0.6) is 5.75 Å². The topological polar surface area (TPSA) is 245 Å². The second-order valence-corrected chi connectivity index (χ2v) is 18.5. The highest BCUT2D eigenvalue weighted by molar-refractivity contribution is 6.10. The first-order valence-electron chi connectivity index (χ1n) is 23.2. The summed E-state index contributed by atoms with van der Waals surface area (Å²) >= 11 is 0. The van der Waals surface area contributed by atoms with Gasteiger partial charge in [0, 0.05) is 58.0 Å². The molecule has 20 heteroatoms. The molecule has 1 unspecified atom stereocenters. The second kappa shape index (κ2) is 24.5. The summed E-state index contributed by atoms with van der Waals surface area (Å²) in [6.45, 7) is 11.1. The van der Waals surface area contributed by atoms with E-state index >= 15 is 0 Å². The van der Waals surface area contributed by atoms with Crippen molar-refractivity contribution in [1.82, 2.24) is 40.9 Å². The number of carbonyl (C=O) groups is 6. The summed E-state index contributed by atoms with van der Waals surface area (Å²) in [6.07, 6.45) is 2.20. The minimum atomic E-state index is -1.58. The van der Waals surface area contributed by atoms with E-state index < -0.39 is 77.7 Å². The minimum absolute atomic E-state index is 0.00149. The van der Waals surface area contributed by atoms with Gasteiger partial charge in [-0.15, -0.1) is 0 Å². The highest BCUT2D eigenvalue weighted by Gasteiger charge is 2.37. The van der Waals surface area contributed by atoms with Crippen molar-refractivity contribution in [2.45, 2.75) is 122 Å². The number of hydrogen-bond acceptors (Lipinski definition) is 13. The van der Waals surface area contributed by atoms with E-state index in [4.69, 9.17) is 18.7 Å². The van der Waals surface area contributed by atoms with Gasteiger partial charge in [0.25, 0.3) is 5.91 Å². The number of carbonyl (C=O) groups excluding carboxylic acids is 5. The number of nitrogens with one attached hydrogen (secondary N) is 3. The number of aliphatic carboxylic acids is 1. The predicted octanol–water partition coefficient (Wildman–Crippen LogP) is 5.21. The Labute approximate surface area is 401 Å². The zero-order valence-electron chi connectivity index (χ0n) is 40.6. The predicted molar refractivity (Wildman–Crippen MR) is 251 cm³/mol.